The lowest BCUT2D eigenvalue weighted by molar-refractivity contribution is 0.0783. The van der Waals surface area contributed by atoms with E-state index in [0.29, 0.717) is 11.6 Å². The molecule has 1 aromatic heterocycles. The molecule has 0 spiro atoms. The Labute approximate surface area is 152 Å². The van der Waals surface area contributed by atoms with Crippen molar-refractivity contribution in [3.05, 3.63) is 66.1 Å². The van der Waals surface area contributed by atoms with Crippen molar-refractivity contribution in [3.8, 4) is 5.69 Å². The predicted molar refractivity (Wildman–Crippen MR) is 101 cm³/mol. The maximum absolute atomic E-state index is 13.4. The standard InChI is InChI=1S/C21H22FN3O/c1-23(2)19-10-11-24(14-19)21(26)15-3-6-18(7-4-15)25-12-9-16-13-17(22)5-8-20(16)25/h3-9,12-13,19H,10-11,14H2,1-2H3. The van der Waals surface area contributed by atoms with E-state index < -0.39 is 0 Å². The third-order valence-electron chi connectivity index (χ3n) is 5.23. The highest BCUT2D eigenvalue weighted by Crippen LogP contribution is 2.22. The van der Waals surface area contributed by atoms with Crippen molar-refractivity contribution in [1.29, 1.82) is 0 Å². The normalized spacial score (nSPS) is 17.4. The number of amides is 1. The fourth-order valence-electron chi connectivity index (χ4n) is 3.63. The first-order valence-electron chi connectivity index (χ1n) is 8.86. The van der Waals surface area contributed by atoms with Crippen LogP contribution in [0.3, 0.4) is 0 Å². The van der Waals surface area contributed by atoms with Gasteiger partial charge >= 0.3 is 0 Å². The molecule has 1 atom stereocenters. The fraction of sp³-hybridized carbons (Fsp3) is 0.286. The second kappa shape index (κ2) is 6.57. The van der Waals surface area contributed by atoms with E-state index in [0.717, 1.165) is 36.1 Å². The van der Waals surface area contributed by atoms with E-state index >= 15 is 0 Å². The number of rotatable bonds is 3. The summed E-state index contributed by atoms with van der Waals surface area (Å²) in [4.78, 5) is 16.8. The average molecular weight is 351 g/mol. The lowest BCUT2D eigenvalue weighted by Gasteiger charge is -2.20. The second-order valence-electron chi connectivity index (χ2n) is 7.09. The molecular weight excluding hydrogens is 329 g/mol. The van der Waals surface area contributed by atoms with Crippen molar-refractivity contribution in [3.63, 3.8) is 0 Å². The molecule has 0 bridgehead atoms. The quantitative estimate of drug-likeness (QED) is 0.722. The van der Waals surface area contributed by atoms with E-state index in [1.807, 2.05) is 46.0 Å². The number of benzene rings is 2. The van der Waals surface area contributed by atoms with E-state index in [1.165, 1.54) is 12.1 Å². The molecule has 1 aliphatic rings. The van der Waals surface area contributed by atoms with Gasteiger partial charge in [0, 0.05) is 42.0 Å². The minimum Gasteiger partial charge on any atom is -0.337 e. The average Bonchev–Trinajstić information content (AvgIpc) is 3.28. The van der Waals surface area contributed by atoms with E-state index in [4.69, 9.17) is 0 Å². The Bertz CT molecular complexity index is 946. The molecule has 26 heavy (non-hydrogen) atoms. The molecule has 134 valence electrons. The van der Waals surface area contributed by atoms with Gasteiger partial charge in [0.25, 0.3) is 5.91 Å². The van der Waals surface area contributed by atoms with Crippen LogP contribution >= 0.6 is 0 Å². The zero-order valence-electron chi connectivity index (χ0n) is 15.0. The number of likely N-dealkylation sites (tertiary alicyclic amines) is 1. The molecule has 3 aromatic rings. The number of fused-ring (bicyclic) bond motifs is 1. The molecule has 5 heteroatoms. The van der Waals surface area contributed by atoms with Crippen LogP contribution in [0.1, 0.15) is 16.8 Å². The van der Waals surface area contributed by atoms with Crippen molar-refractivity contribution >= 4 is 16.8 Å². The van der Waals surface area contributed by atoms with Crippen LogP contribution in [0, 0.1) is 5.82 Å². The van der Waals surface area contributed by atoms with Gasteiger partial charge in [-0.15, -0.1) is 0 Å². The molecule has 0 N–H and O–H groups in total. The van der Waals surface area contributed by atoms with Crippen molar-refractivity contribution in [2.24, 2.45) is 0 Å². The maximum Gasteiger partial charge on any atom is 0.253 e. The predicted octanol–water partition coefficient (Wildman–Crippen LogP) is 3.55. The molecule has 2 aromatic carbocycles. The number of hydrogen-bond acceptors (Lipinski definition) is 2. The summed E-state index contributed by atoms with van der Waals surface area (Å²) in [5, 5.41) is 0.858. The van der Waals surface area contributed by atoms with Gasteiger partial charge in [-0.1, -0.05) is 0 Å². The summed E-state index contributed by atoms with van der Waals surface area (Å²) in [6, 6.07) is 14.7. The topological polar surface area (TPSA) is 28.5 Å². The molecule has 1 unspecified atom stereocenters. The number of carbonyl (C=O) groups is 1. The third kappa shape index (κ3) is 2.99. The van der Waals surface area contributed by atoms with E-state index in [2.05, 4.69) is 19.0 Å². The summed E-state index contributed by atoms with van der Waals surface area (Å²) in [5.41, 5.74) is 2.60. The minimum absolute atomic E-state index is 0.0836. The number of carbonyl (C=O) groups excluding carboxylic acids is 1. The van der Waals surface area contributed by atoms with Crippen molar-refractivity contribution in [2.45, 2.75) is 12.5 Å². The molecule has 1 aliphatic heterocycles. The third-order valence-corrected chi connectivity index (χ3v) is 5.23. The lowest BCUT2D eigenvalue weighted by Crippen LogP contribution is -2.34. The van der Waals surface area contributed by atoms with Crippen LogP contribution in [0.4, 0.5) is 4.39 Å². The Morgan fingerprint density at radius 2 is 1.88 bits per heavy atom. The molecule has 1 fully saturated rings. The monoisotopic (exact) mass is 351 g/mol. The summed E-state index contributed by atoms with van der Waals surface area (Å²) in [7, 11) is 4.11. The number of nitrogens with zero attached hydrogens (tertiary/aromatic N) is 3. The van der Waals surface area contributed by atoms with Gasteiger partial charge in [-0.05, 0) is 69.0 Å². The molecule has 0 saturated carbocycles. The van der Waals surface area contributed by atoms with Gasteiger partial charge in [0.15, 0.2) is 0 Å². The molecule has 1 amide bonds. The smallest absolute Gasteiger partial charge is 0.253 e. The summed E-state index contributed by atoms with van der Waals surface area (Å²) in [6.07, 6.45) is 2.94. The molecule has 2 heterocycles. The maximum atomic E-state index is 13.4. The summed E-state index contributed by atoms with van der Waals surface area (Å²) in [6.45, 7) is 1.58. The summed E-state index contributed by atoms with van der Waals surface area (Å²) >= 11 is 0. The first-order valence-corrected chi connectivity index (χ1v) is 8.86. The molecule has 4 rings (SSSR count). The molecule has 0 radical (unpaired) electrons. The van der Waals surface area contributed by atoms with E-state index in [-0.39, 0.29) is 11.7 Å². The number of likely N-dealkylation sites (N-methyl/N-ethyl adjacent to an activating group) is 1. The summed E-state index contributed by atoms with van der Waals surface area (Å²) < 4.78 is 15.4. The van der Waals surface area contributed by atoms with Crippen LogP contribution < -0.4 is 0 Å². The van der Waals surface area contributed by atoms with Crippen LogP contribution in [0.5, 0.6) is 0 Å². The molecular formula is C21H22FN3O. The van der Waals surface area contributed by atoms with Gasteiger partial charge in [0.05, 0.1) is 5.52 Å². The van der Waals surface area contributed by atoms with Crippen LogP contribution in [0.25, 0.3) is 16.6 Å². The van der Waals surface area contributed by atoms with E-state index in [1.54, 1.807) is 6.07 Å². The van der Waals surface area contributed by atoms with Gasteiger partial charge in [0.1, 0.15) is 5.82 Å². The van der Waals surface area contributed by atoms with E-state index in [9.17, 15) is 9.18 Å². The Morgan fingerprint density at radius 1 is 1.12 bits per heavy atom. The van der Waals surface area contributed by atoms with Crippen LogP contribution in [-0.2, 0) is 0 Å². The molecule has 1 saturated heterocycles. The first-order chi connectivity index (χ1) is 12.5. The number of halogens is 1. The van der Waals surface area contributed by atoms with Crippen LogP contribution in [0.15, 0.2) is 54.7 Å². The molecule has 4 nitrogen and oxygen atoms in total. The van der Waals surface area contributed by atoms with Crippen molar-refractivity contribution in [1.82, 2.24) is 14.4 Å². The Morgan fingerprint density at radius 3 is 2.58 bits per heavy atom. The van der Waals surface area contributed by atoms with Gasteiger partial charge in [0.2, 0.25) is 0 Å². The second-order valence-corrected chi connectivity index (χ2v) is 7.09. The highest BCUT2D eigenvalue weighted by Gasteiger charge is 2.27. The van der Waals surface area contributed by atoms with Crippen molar-refractivity contribution < 1.29 is 9.18 Å². The minimum atomic E-state index is -0.238. The van der Waals surface area contributed by atoms with Gasteiger partial charge in [-0.2, -0.15) is 0 Å². The number of hydrogen-bond donors (Lipinski definition) is 0. The fourth-order valence-corrected chi connectivity index (χ4v) is 3.63. The van der Waals surface area contributed by atoms with Gasteiger partial charge in [-0.3, -0.25) is 4.79 Å². The van der Waals surface area contributed by atoms with Crippen molar-refractivity contribution in [2.75, 3.05) is 27.2 Å². The van der Waals surface area contributed by atoms with Crippen LogP contribution in [0.2, 0.25) is 0 Å². The zero-order valence-corrected chi connectivity index (χ0v) is 15.0. The van der Waals surface area contributed by atoms with Crippen LogP contribution in [-0.4, -0.2) is 53.5 Å². The Balaban J connectivity index is 1.56. The van der Waals surface area contributed by atoms with Gasteiger partial charge in [-0.25, -0.2) is 4.39 Å². The SMILES string of the molecule is CN(C)C1CCN(C(=O)c2ccc(-n3ccc4cc(F)ccc43)cc2)C1. The number of aromatic nitrogens is 1. The lowest BCUT2D eigenvalue weighted by atomic mass is 10.1. The zero-order chi connectivity index (χ0) is 18.3. The highest BCUT2D eigenvalue weighted by molar-refractivity contribution is 5.94. The Kier molecular flexibility index (Phi) is 4.24. The molecule has 0 aliphatic carbocycles. The van der Waals surface area contributed by atoms with Gasteiger partial charge < -0.3 is 14.4 Å². The largest absolute Gasteiger partial charge is 0.337 e. The summed E-state index contributed by atoms with van der Waals surface area (Å²) in [5.74, 6) is -0.154. The highest BCUT2D eigenvalue weighted by atomic mass is 19.1. The first kappa shape index (κ1) is 16.8. The Hall–Kier alpha value is -2.66.